The van der Waals surface area contributed by atoms with E-state index in [-0.39, 0.29) is 0 Å². The Kier molecular flexibility index (Phi) is 3.36. The molecule has 0 N–H and O–H groups in total. The summed E-state index contributed by atoms with van der Waals surface area (Å²) in [6.07, 6.45) is 0. The Morgan fingerprint density at radius 1 is 1.15 bits per heavy atom. The van der Waals surface area contributed by atoms with Crippen molar-refractivity contribution in [1.82, 2.24) is 14.8 Å². The summed E-state index contributed by atoms with van der Waals surface area (Å²) >= 11 is 1.75. The van der Waals surface area contributed by atoms with E-state index >= 15 is 0 Å². The summed E-state index contributed by atoms with van der Waals surface area (Å²) in [6.45, 7) is 8.59. The summed E-state index contributed by atoms with van der Waals surface area (Å²) in [5.74, 6) is 1.50. The first kappa shape index (κ1) is 10.6. The maximum atomic E-state index is 4.16. The quantitative estimate of drug-likeness (QED) is 0.700. The van der Waals surface area contributed by atoms with E-state index in [0.717, 1.165) is 11.0 Å². The van der Waals surface area contributed by atoms with Crippen molar-refractivity contribution in [2.24, 2.45) is 7.05 Å². The van der Waals surface area contributed by atoms with Gasteiger partial charge in [0.25, 0.3) is 0 Å². The summed E-state index contributed by atoms with van der Waals surface area (Å²) in [6, 6.07) is 0. The van der Waals surface area contributed by atoms with Crippen LogP contribution in [0.25, 0.3) is 0 Å². The Hall–Kier alpha value is -0.510. The van der Waals surface area contributed by atoms with Gasteiger partial charge in [-0.1, -0.05) is 39.5 Å². The molecule has 0 fully saturated rings. The fraction of sp³-hybridized carbons (Fsp3) is 0.778. The molecule has 0 saturated heterocycles. The Labute approximate surface area is 83.9 Å². The molecule has 1 heterocycles. The number of aromatic nitrogens is 3. The number of rotatable bonds is 3. The molecular weight excluding hydrogens is 182 g/mol. The van der Waals surface area contributed by atoms with Gasteiger partial charge in [0.2, 0.25) is 0 Å². The summed E-state index contributed by atoms with van der Waals surface area (Å²) in [5, 5.41) is 9.88. The fourth-order valence-electron chi connectivity index (χ4n) is 1.14. The Balaban J connectivity index is 2.86. The van der Waals surface area contributed by atoms with Crippen LogP contribution in [0.2, 0.25) is 0 Å². The van der Waals surface area contributed by atoms with Crippen molar-refractivity contribution in [1.29, 1.82) is 0 Å². The lowest BCUT2D eigenvalue weighted by atomic mass is 10.2. The van der Waals surface area contributed by atoms with Crippen LogP contribution in [0, 0.1) is 0 Å². The van der Waals surface area contributed by atoms with Crippen LogP contribution in [0.15, 0.2) is 5.16 Å². The van der Waals surface area contributed by atoms with Gasteiger partial charge in [-0.15, -0.1) is 10.2 Å². The van der Waals surface area contributed by atoms with Crippen molar-refractivity contribution in [3.05, 3.63) is 5.82 Å². The molecule has 0 aliphatic rings. The molecular formula is C9H17N3S. The van der Waals surface area contributed by atoms with Gasteiger partial charge in [0, 0.05) is 18.2 Å². The van der Waals surface area contributed by atoms with E-state index in [0.29, 0.717) is 11.2 Å². The van der Waals surface area contributed by atoms with Gasteiger partial charge in [-0.2, -0.15) is 0 Å². The molecule has 0 aliphatic heterocycles. The highest BCUT2D eigenvalue weighted by Gasteiger charge is 2.12. The van der Waals surface area contributed by atoms with Crippen LogP contribution in [0.5, 0.6) is 0 Å². The van der Waals surface area contributed by atoms with Crippen LogP contribution < -0.4 is 0 Å². The molecule has 4 heteroatoms. The molecule has 0 aliphatic carbocycles. The molecule has 74 valence electrons. The fourth-order valence-corrected chi connectivity index (χ4v) is 1.90. The van der Waals surface area contributed by atoms with E-state index in [4.69, 9.17) is 0 Å². The smallest absolute Gasteiger partial charge is 0.191 e. The minimum absolute atomic E-state index is 0.444. The van der Waals surface area contributed by atoms with Gasteiger partial charge in [-0.3, -0.25) is 0 Å². The van der Waals surface area contributed by atoms with E-state index in [1.165, 1.54) is 0 Å². The van der Waals surface area contributed by atoms with Gasteiger partial charge in [0.15, 0.2) is 5.16 Å². The zero-order valence-corrected chi connectivity index (χ0v) is 9.72. The second kappa shape index (κ2) is 4.13. The van der Waals surface area contributed by atoms with Crippen molar-refractivity contribution < 1.29 is 0 Å². The monoisotopic (exact) mass is 199 g/mol. The van der Waals surface area contributed by atoms with Crippen LogP contribution in [0.1, 0.15) is 39.4 Å². The second-order valence-corrected chi connectivity index (χ2v) is 5.26. The molecule has 0 aromatic carbocycles. The molecule has 0 atom stereocenters. The molecule has 0 bridgehead atoms. The van der Waals surface area contributed by atoms with Crippen LogP contribution in [-0.4, -0.2) is 20.0 Å². The van der Waals surface area contributed by atoms with Crippen LogP contribution in [0.3, 0.4) is 0 Å². The highest BCUT2D eigenvalue weighted by Crippen LogP contribution is 2.22. The first-order chi connectivity index (χ1) is 6.02. The second-order valence-electron chi connectivity index (χ2n) is 3.72. The molecule has 0 spiro atoms. The van der Waals surface area contributed by atoms with Crippen LogP contribution >= 0.6 is 11.8 Å². The SMILES string of the molecule is CC(C)Sc1nnc(C(C)C)n1C. The van der Waals surface area contributed by atoms with E-state index in [9.17, 15) is 0 Å². The molecule has 3 nitrogen and oxygen atoms in total. The van der Waals surface area contributed by atoms with Gasteiger partial charge >= 0.3 is 0 Å². The topological polar surface area (TPSA) is 30.7 Å². The molecule has 0 amide bonds. The summed E-state index contributed by atoms with van der Waals surface area (Å²) in [7, 11) is 2.03. The average Bonchev–Trinajstić information content (AvgIpc) is 2.32. The molecule has 1 aromatic rings. The summed E-state index contributed by atoms with van der Waals surface area (Å²) in [5.41, 5.74) is 0. The predicted molar refractivity (Wildman–Crippen MR) is 56.1 cm³/mol. The van der Waals surface area contributed by atoms with E-state index in [2.05, 4.69) is 42.5 Å². The molecule has 13 heavy (non-hydrogen) atoms. The molecule has 0 unspecified atom stereocenters. The lowest BCUT2D eigenvalue weighted by Gasteiger charge is -2.06. The highest BCUT2D eigenvalue weighted by atomic mass is 32.2. The van der Waals surface area contributed by atoms with E-state index in [1.54, 1.807) is 11.8 Å². The average molecular weight is 199 g/mol. The van der Waals surface area contributed by atoms with Gasteiger partial charge in [0.05, 0.1) is 0 Å². The molecule has 1 rings (SSSR count). The first-order valence-corrected chi connectivity index (χ1v) is 5.46. The van der Waals surface area contributed by atoms with Gasteiger partial charge in [-0.05, 0) is 0 Å². The van der Waals surface area contributed by atoms with E-state index in [1.807, 2.05) is 7.05 Å². The third kappa shape index (κ3) is 2.46. The summed E-state index contributed by atoms with van der Waals surface area (Å²) in [4.78, 5) is 0. The van der Waals surface area contributed by atoms with Crippen molar-refractivity contribution in [2.75, 3.05) is 0 Å². The standard InChI is InChI=1S/C9H17N3S/c1-6(2)8-10-11-9(12(8)5)13-7(3)4/h6-7H,1-5H3. The van der Waals surface area contributed by atoms with Crippen LogP contribution in [-0.2, 0) is 7.05 Å². The maximum Gasteiger partial charge on any atom is 0.191 e. The molecule has 0 radical (unpaired) electrons. The Morgan fingerprint density at radius 3 is 2.15 bits per heavy atom. The Morgan fingerprint density at radius 2 is 1.77 bits per heavy atom. The third-order valence-electron chi connectivity index (χ3n) is 1.73. The van der Waals surface area contributed by atoms with Crippen molar-refractivity contribution in [2.45, 2.75) is 44.0 Å². The van der Waals surface area contributed by atoms with Crippen LogP contribution in [0.4, 0.5) is 0 Å². The number of hydrogen-bond donors (Lipinski definition) is 0. The van der Waals surface area contributed by atoms with Gasteiger partial charge < -0.3 is 4.57 Å². The Bertz CT molecular complexity index is 278. The van der Waals surface area contributed by atoms with Gasteiger partial charge in [-0.25, -0.2) is 0 Å². The number of thioether (sulfide) groups is 1. The zero-order valence-electron chi connectivity index (χ0n) is 8.90. The lowest BCUT2D eigenvalue weighted by Crippen LogP contribution is -2.01. The number of nitrogens with zero attached hydrogens (tertiary/aromatic N) is 3. The summed E-state index contributed by atoms with van der Waals surface area (Å²) < 4.78 is 2.08. The minimum atomic E-state index is 0.444. The zero-order chi connectivity index (χ0) is 10.0. The molecule has 1 aromatic heterocycles. The van der Waals surface area contributed by atoms with E-state index < -0.39 is 0 Å². The van der Waals surface area contributed by atoms with Crippen molar-refractivity contribution in [3.63, 3.8) is 0 Å². The van der Waals surface area contributed by atoms with Crippen molar-refractivity contribution in [3.8, 4) is 0 Å². The normalized spacial score (nSPS) is 11.6. The highest BCUT2D eigenvalue weighted by molar-refractivity contribution is 7.99. The largest absolute Gasteiger partial charge is 0.309 e. The molecule has 0 saturated carbocycles. The van der Waals surface area contributed by atoms with Crippen molar-refractivity contribution >= 4 is 11.8 Å². The first-order valence-electron chi connectivity index (χ1n) is 4.58. The maximum absolute atomic E-state index is 4.16. The predicted octanol–water partition coefficient (Wildman–Crippen LogP) is 2.44. The van der Waals surface area contributed by atoms with Gasteiger partial charge in [0.1, 0.15) is 5.82 Å². The minimum Gasteiger partial charge on any atom is -0.309 e. The third-order valence-corrected chi connectivity index (χ3v) is 2.76. The lowest BCUT2D eigenvalue weighted by molar-refractivity contribution is 0.679. The number of hydrogen-bond acceptors (Lipinski definition) is 3.